The molecule has 0 amide bonds. The minimum absolute atomic E-state index is 0.300. The van der Waals surface area contributed by atoms with Gasteiger partial charge in [0, 0.05) is 18.0 Å². The van der Waals surface area contributed by atoms with E-state index in [2.05, 4.69) is 9.72 Å². The van der Waals surface area contributed by atoms with Gasteiger partial charge in [-0.15, -0.1) is 0 Å². The fraction of sp³-hybridized carbons (Fsp3) is 0.417. The van der Waals surface area contributed by atoms with Crippen molar-refractivity contribution in [3.8, 4) is 0 Å². The molecule has 17 heavy (non-hydrogen) atoms. The lowest BCUT2D eigenvalue weighted by Gasteiger charge is -2.28. The first-order valence-electron chi connectivity index (χ1n) is 5.26. The molecule has 1 rings (SSSR count). The largest absolute Gasteiger partial charge is 0.467 e. The van der Waals surface area contributed by atoms with E-state index in [0.29, 0.717) is 5.56 Å². The highest BCUT2D eigenvalue weighted by molar-refractivity contribution is 6.16. The summed E-state index contributed by atoms with van der Waals surface area (Å²) in [6.07, 6.45) is 2.93. The lowest BCUT2D eigenvalue weighted by molar-refractivity contribution is -0.146. The summed E-state index contributed by atoms with van der Waals surface area (Å²) in [4.78, 5) is 27.8. The number of carbonyl (C=O) groups excluding carboxylic acids is 2. The minimum Gasteiger partial charge on any atom is -0.467 e. The molecule has 1 atom stereocenters. The van der Waals surface area contributed by atoms with Crippen LogP contribution in [0.2, 0.25) is 0 Å². The number of pyridine rings is 1. The molecule has 92 valence electrons. The van der Waals surface area contributed by atoms with Gasteiger partial charge in [0.2, 0.25) is 0 Å². The number of aromatic nitrogens is 1. The molecule has 0 spiro atoms. The number of hydrogen-bond acceptors (Lipinski definition) is 5. The summed E-state index contributed by atoms with van der Waals surface area (Å²) in [5.41, 5.74) is 4.55. The van der Waals surface area contributed by atoms with Gasteiger partial charge in [0.15, 0.2) is 11.3 Å². The Labute approximate surface area is 100.0 Å². The van der Waals surface area contributed by atoms with Crippen molar-refractivity contribution in [1.82, 2.24) is 4.98 Å². The molecular weight excluding hydrogens is 220 g/mol. The van der Waals surface area contributed by atoms with Crippen molar-refractivity contribution in [2.24, 2.45) is 11.7 Å². The van der Waals surface area contributed by atoms with E-state index in [-0.39, 0.29) is 5.92 Å². The number of rotatable bonds is 4. The Balaban J connectivity index is 3.18. The van der Waals surface area contributed by atoms with Crippen LogP contribution >= 0.6 is 0 Å². The van der Waals surface area contributed by atoms with Crippen molar-refractivity contribution < 1.29 is 14.3 Å². The van der Waals surface area contributed by atoms with Crippen LogP contribution in [0.5, 0.6) is 0 Å². The molecule has 0 aliphatic rings. The number of nitrogens with two attached hydrogens (primary N) is 1. The lowest BCUT2D eigenvalue weighted by Crippen LogP contribution is -2.59. The van der Waals surface area contributed by atoms with Crippen LogP contribution in [-0.4, -0.2) is 29.4 Å². The predicted octanol–water partition coefficient (Wildman–Crippen LogP) is 0.791. The van der Waals surface area contributed by atoms with Crippen molar-refractivity contribution in [2.75, 3.05) is 7.11 Å². The SMILES string of the molecule is COC(=O)C(N)(C(=O)c1cccnc1)C(C)C. The number of methoxy groups -OCH3 is 1. The number of ether oxygens (including phenoxy) is 1. The lowest BCUT2D eigenvalue weighted by atomic mass is 9.81. The topological polar surface area (TPSA) is 82.3 Å². The highest BCUT2D eigenvalue weighted by Crippen LogP contribution is 2.21. The van der Waals surface area contributed by atoms with Crippen LogP contribution in [0, 0.1) is 5.92 Å². The van der Waals surface area contributed by atoms with Gasteiger partial charge in [0.05, 0.1) is 7.11 Å². The van der Waals surface area contributed by atoms with E-state index in [0.717, 1.165) is 0 Å². The first-order valence-corrected chi connectivity index (χ1v) is 5.26. The Bertz CT molecular complexity index is 417. The minimum atomic E-state index is -1.67. The number of Topliss-reactive ketones (excluding diaryl/α,β-unsaturated/α-hetero) is 1. The molecule has 2 N–H and O–H groups in total. The summed E-state index contributed by atoms with van der Waals surface area (Å²) in [6.45, 7) is 3.40. The van der Waals surface area contributed by atoms with Crippen molar-refractivity contribution in [1.29, 1.82) is 0 Å². The Morgan fingerprint density at radius 1 is 1.47 bits per heavy atom. The molecule has 1 aromatic heterocycles. The average Bonchev–Trinajstić information content (AvgIpc) is 2.36. The van der Waals surface area contributed by atoms with Crippen LogP contribution in [0.15, 0.2) is 24.5 Å². The van der Waals surface area contributed by atoms with Crippen LogP contribution in [0.25, 0.3) is 0 Å². The van der Waals surface area contributed by atoms with E-state index in [9.17, 15) is 9.59 Å². The standard InChI is InChI=1S/C12H16N2O3/c1-8(2)12(13,11(16)17-3)10(15)9-5-4-6-14-7-9/h4-8H,13H2,1-3H3. The highest BCUT2D eigenvalue weighted by atomic mass is 16.5. The molecule has 5 heteroatoms. The van der Waals surface area contributed by atoms with Crippen molar-refractivity contribution >= 4 is 11.8 Å². The van der Waals surface area contributed by atoms with E-state index >= 15 is 0 Å². The molecule has 0 aliphatic heterocycles. The van der Waals surface area contributed by atoms with Gasteiger partial charge in [-0.2, -0.15) is 0 Å². The van der Waals surface area contributed by atoms with E-state index in [1.807, 2.05) is 0 Å². The van der Waals surface area contributed by atoms with Crippen molar-refractivity contribution in [3.63, 3.8) is 0 Å². The normalized spacial score (nSPS) is 14.2. The second-order valence-corrected chi connectivity index (χ2v) is 4.09. The molecule has 0 radical (unpaired) electrons. The van der Waals surface area contributed by atoms with Gasteiger partial charge in [0.1, 0.15) is 0 Å². The molecule has 0 fully saturated rings. The molecule has 0 saturated carbocycles. The van der Waals surface area contributed by atoms with E-state index < -0.39 is 17.3 Å². The molecular formula is C12H16N2O3. The molecule has 1 heterocycles. The van der Waals surface area contributed by atoms with Gasteiger partial charge < -0.3 is 10.5 Å². The Morgan fingerprint density at radius 2 is 2.12 bits per heavy atom. The van der Waals surface area contributed by atoms with E-state index in [1.54, 1.807) is 32.2 Å². The van der Waals surface area contributed by atoms with Gasteiger partial charge in [0.25, 0.3) is 0 Å². The Hall–Kier alpha value is -1.75. The molecule has 1 aromatic rings. The third-order valence-electron chi connectivity index (χ3n) is 2.73. The zero-order valence-corrected chi connectivity index (χ0v) is 10.1. The second kappa shape index (κ2) is 5.05. The summed E-state index contributed by atoms with van der Waals surface area (Å²) in [5, 5.41) is 0. The first-order chi connectivity index (χ1) is 7.94. The fourth-order valence-corrected chi connectivity index (χ4v) is 1.50. The summed E-state index contributed by atoms with van der Waals surface area (Å²) in [7, 11) is 1.21. The summed E-state index contributed by atoms with van der Waals surface area (Å²) in [5.74, 6) is -1.59. The second-order valence-electron chi connectivity index (χ2n) is 4.09. The zero-order valence-electron chi connectivity index (χ0n) is 10.1. The Kier molecular flexibility index (Phi) is 3.96. The predicted molar refractivity (Wildman–Crippen MR) is 62.3 cm³/mol. The van der Waals surface area contributed by atoms with Crippen LogP contribution in [0.3, 0.4) is 0 Å². The molecule has 1 unspecified atom stereocenters. The van der Waals surface area contributed by atoms with Crippen molar-refractivity contribution in [3.05, 3.63) is 30.1 Å². The zero-order chi connectivity index (χ0) is 13.1. The van der Waals surface area contributed by atoms with Crippen LogP contribution in [0.1, 0.15) is 24.2 Å². The molecule has 0 bridgehead atoms. The van der Waals surface area contributed by atoms with Gasteiger partial charge in [-0.25, -0.2) is 4.79 Å². The number of nitrogens with zero attached hydrogens (tertiary/aromatic N) is 1. The number of ketones is 1. The van der Waals surface area contributed by atoms with Gasteiger partial charge in [-0.1, -0.05) is 13.8 Å². The average molecular weight is 236 g/mol. The van der Waals surface area contributed by atoms with E-state index in [1.165, 1.54) is 13.3 Å². The van der Waals surface area contributed by atoms with Gasteiger partial charge >= 0.3 is 5.97 Å². The maximum atomic E-state index is 12.2. The van der Waals surface area contributed by atoms with E-state index in [4.69, 9.17) is 5.73 Å². The quantitative estimate of drug-likeness (QED) is 0.475. The number of hydrogen-bond donors (Lipinski definition) is 1. The number of carbonyl (C=O) groups is 2. The maximum Gasteiger partial charge on any atom is 0.334 e. The van der Waals surface area contributed by atoms with Crippen LogP contribution in [-0.2, 0) is 9.53 Å². The van der Waals surface area contributed by atoms with Gasteiger partial charge in [-0.05, 0) is 18.1 Å². The third-order valence-corrected chi connectivity index (χ3v) is 2.73. The Morgan fingerprint density at radius 3 is 2.53 bits per heavy atom. The van der Waals surface area contributed by atoms with Crippen LogP contribution < -0.4 is 5.73 Å². The summed E-state index contributed by atoms with van der Waals surface area (Å²) in [6, 6.07) is 3.19. The first kappa shape index (κ1) is 13.3. The summed E-state index contributed by atoms with van der Waals surface area (Å²) >= 11 is 0. The molecule has 0 saturated heterocycles. The smallest absolute Gasteiger partial charge is 0.334 e. The van der Waals surface area contributed by atoms with Crippen LogP contribution in [0.4, 0.5) is 0 Å². The monoisotopic (exact) mass is 236 g/mol. The number of esters is 1. The molecule has 5 nitrogen and oxygen atoms in total. The highest BCUT2D eigenvalue weighted by Gasteiger charge is 2.46. The maximum absolute atomic E-state index is 12.2. The fourth-order valence-electron chi connectivity index (χ4n) is 1.50. The summed E-state index contributed by atoms with van der Waals surface area (Å²) < 4.78 is 4.61. The molecule has 0 aromatic carbocycles. The van der Waals surface area contributed by atoms with Gasteiger partial charge in [-0.3, -0.25) is 9.78 Å². The molecule has 0 aliphatic carbocycles. The van der Waals surface area contributed by atoms with Crippen molar-refractivity contribution in [2.45, 2.75) is 19.4 Å². The third kappa shape index (κ3) is 2.34.